The Bertz CT molecular complexity index is 569. The third-order valence-corrected chi connectivity index (χ3v) is 7.06. The molecule has 0 bridgehead atoms. The van der Waals surface area contributed by atoms with Crippen molar-refractivity contribution < 1.29 is 4.21 Å². The smallest absolute Gasteiger partial charge is 0.0498 e. The predicted molar refractivity (Wildman–Crippen MR) is 102 cm³/mol. The topological polar surface area (TPSA) is 23.6 Å². The first-order valence-corrected chi connectivity index (χ1v) is 10.9. The van der Waals surface area contributed by atoms with E-state index in [9.17, 15) is 4.21 Å². The SMILES string of the molecule is CC(C)N1CCC2(CCN(Cc3cccc(S(C)=O)c3)CC2)CC1. The van der Waals surface area contributed by atoms with Crippen LogP contribution in [0, 0.1) is 5.41 Å². The summed E-state index contributed by atoms with van der Waals surface area (Å²) in [4.78, 5) is 6.16. The third kappa shape index (κ3) is 4.27. The fraction of sp³-hybridized carbons (Fsp3) is 0.700. The Morgan fingerprint density at radius 1 is 1.08 bits per heavy atom. The summed E-state index contributed by atoms with van der Waals surface area (Å²) in [6.07, 6.45) is 7.20. The van der Waals surface area contributed by atoms with E-state index in [-0.39, 0.29) is 0 Å². The van der Waals surface area contributed by atoms with E-state index < -0.39 is 10.8 Å². The number of rotatable bonds is 4. The van der Waals surface area contributed by atoms with E-state index in [0.717, 1.165) is 11.4 Å². The summed E-state index contributed by atoms with van der Waals surface area (Å²) in [6.45, 7) is 10.6. The standard InChI is InChI=1S/C20H32N2OS/c1-17(2)22-13-9-20(10-14-22)7-11-21(12-8-20)16-18-5-4-6-19(15-18)24(3)23/h4-6,15,17H,7-14,16H2,1-3H3. The summed E-state index contributed by atoms with van der Waals surface area (Å²) in [5, 5.41) is 0. The van der Waals surface area contributed by atoms with E-state index in [1.54, 1.807) is 6.26 Å². The quantitative estimate of drug-likeness (QED) is 0.832. The second-order valence-electron chi connectivity index (χ2n) is 8.01. The molecule has 2 aliphatic rings. The summed E-state index contributed by atoms with van der Waals surface area (Å²) in [5.74, 6) is 0. The monoisotopic (exact) mass is 348 g/mol. The van der Waals surface area contributed by atoms with E-state index in [0.29, 0.717) is 11.5 Å². The van der Waals surface area contributed by atoms with Gasteiger partial charge in [-0.25, -0.2) is 0 Å². The molecule has 2 saturated heterocycles. The van der Waals surface area contributed by atoms with Gasteiger partial charge in [0.05, 0.1) is 0 Å². The van der Waals surface area contributed by atoms with Gasteiger partial charge in [0.2, 0.25) is 0 Å². The largest absolute Gasteiger partial charge is 0.301 e. The Labute approximate surface area is 149 Å². The number of piperidine rings is 2. The zero-order chi connectivity index (χ0) is 17.2. The summed E-state index contributed by atoms with van der Waals surface area (Å²) < 4.78 is 11.7. The molecule has 0 radical (unpaired) electrons. The van der Waals surface area contributed by atoms with E-state index >= 15 is 0 Å². The van der Waals surface area contributed by atoms with Crippen molar-refractivity contribution in [3.05, 3.63) is 29.8 Å². The molecule has 2 heterocycles. The summed E-state index contributed by atoms with van der Waals surface area (Å²) >= 11 is 0. The van der Waals surface area contributed by atoms with Crippen LogP contribution in [0.4, 0.5) is 0 Å². The van der Waals surface area contributed by atoms with Gasteiger partial charge in [0.1, 0.15) is 0 Å². The fourth-order valence-electron chi connectivity index (χ4n) is 4.28. The second kappa shape index (κ2) is 7.67. The molecular weight excluding hydrogens is 316 g/mol. The molecule has 1 aromatic rings. The van der Waals surface area contributed by atoms with Crippen LogP contribution in [0.15, 0.2) is 29.2 Å². The highest BCUT2D eigenvalue weighted by Gasteiger charge is 2.37. The van der Waals surface area contributed by atoms with Crippen molar-refractivity contribution in [1.29, 1.82) is 0 Å². The molecule has 3 rings (SSSR count). The lowest BCUT2D eigenvalue weighted by Gasteiger charge is -2.47. The van der Waals surface area contributed by atoms with E-state index in [2.05, 4.69) is 35.8 Å². The van der Waals surface area contributed by atoms with Crippen LogP contribution in [-0.2, 0) is 17.3 Å². The van der Waals surface area contributed by atoms with Crippen LogP contribution in [-0.4, -0.2) is 52.5 Å². The first kappa shape index (κ1) is 18.1. The average molecular weight is 349 g/mol. The number of hydrogen-bond donors (Lipinski definition) is 0. The van der Waals surface area contributed by atoms with Crippen molar-refractivity contribution in [1.82, 2.24) is 9.80 Å². The highest BCUT2D eigenvalue weighted by Crippen LogP contribution is 2.41. The molecule has 4 heteroatoms. The van der Waals surface area contributed by atoms with E-state index in [1.165, 1.54) is 57.4 Å². The first-order chi connectivity index (χ1) is 11.5. The number of nitrogens with zero attached hydrogens (tertiary/aromatic N) is 2. The summed E-state index contributed by atoms with van der Waals surface area (Å²) in [6, 6.07) is 8.98. The van der Waals surface area contributed by atoms with Crippen molar-refractivity contribution in [3.8, 4) is 0 Å². The number of likely N-dealkylation sites (tertiary alicyclic amines) is 2. The molecule has 134 valence electrons. The molecule has 3 nitrogen and oxygen atoms in total. The van der Waals surface area contributed by atoms with E-state index in [4.69, 9.17) is 0 Å². The van der Waals surface area contributed by atoms with Gasteiger partial charge in [-0.05, 0) is 88.8 Å². The van der Waals surface area contributed by atoms with Crippen LogP contribution in [0.5, 0.6) is 0 Å². The van der Waals surface area contributed by atoms with Crippen LogP contribution in [0.3, 0.4) is 0 Å². The van der Waals surface area contributed by atoms with Gasteiger partial charge in [-0.3, -0.25) is 9.11 Å². The van der Waals surface area contributed by atoms with Crippen LogP contribution < -0.4 is 0 Å². The maximum Gasteiger partial charge on any atom is 0.0498 e. The van der Waals surface area contributed by atoms with Gasteiger partial charge >= 0.3 is 0 Å². The lowest BCUT2D eigenvalue weighted by atomic mass is 9.71. The van der Waals surface area contributed by atoms with Crippen LogP contribution in [0.1, 0.15) is 45.1 Å². The zero-order valence-electron chi connectivity index (χ0n) is 15.5. The van der Waals surface area contributed by atoms with E-state index in [1.807, 2.05) is 12.1 Å². The minimum atomic E-state index is -0.885. The zero-order valence-corrected chi connectivity index (χ0v) is 16.3. The first-order valence-electron chi connectivity index (χ1n) is 9.36. The van der Waals surface area contributed by atoms with Crippen molar-refractivity contribution in [2.24, 2.45) is 5.41 Å². The maximum absolute atomic E-state index is 11.7. The normalized spacial score (nSPS) is 23.7. The molecule has 0 aromatic heterocycles. The molecule has 1 unspecified atom stereocenters. The Hall–Kier alpha value is -0.710. The molecule has 0 saturated carbocycles. The van der Waals surface area contributed by atoms with Crippen molar-refractivity contribution in [3.63, 3.8) is 0 Å². The Morgan fingerprint density at radius 3 is 2.29 bits per heavy atom. The maximum atomic E-state index is 11.7. The molecule has 1 spiro atoms. The second-order valence-corrected chi connectivity index (χ2v) is 9.39. The molecule has 1 atom stereocenters. The summed E-state index contributed by atoms with van der Waals surface area (Å²) in [7, 11) is -0.885. The highest BCUT2D eigenvalue weighted by molar-refractivity contribution is 7.84. The average Bonchev–Trinajstić information content (AvgIpc) is 2.58. The predicted octanol–water partition coefficient (Wildman–Crippen LogP) is 3.51. The summed E-state index contributed by atoms with van der Waals surface area (Å²) in [5.41, 5.74) is 1.91. The molecule has 24 heavy (non-hydrogen) atoms. The molecule has 1 aromatic carbocycles. The van der Waals surface area contributed by atoms with Gasteiger partial charge in [-0.2, -0.15) is 0 Å². The number of hydrogen-bond acceptors (Lipinski definition) is 3. The lowest BCUT2D eigenvalue weighted by molar-refractivity contribution is 0.0230. The molecular formula is C20H32N2OS. The Morgan fingerprint density at radius 2 is 1.71 bits per heavy atom. The van der Waals surface area contributed by atoms with Crippen LogP contribution in [0.2, 0.25) is 0 Å². The van der Waals surface area contributed by atoms with Gasteiger partial charge in [0.15, 0.2) is 0 Å². The van der Waals surface area contributed by atoms with Crippen molar-refractivity contribution in [2.45, 2.75) is 57.0 Å². The minimum Gasteiger partial charge on any atom is -0.301 e. The van der Waals surface area contributed by atoms with Gasteiger partial charge in [-0.15, -0.1) is 0 Å². The van der Waals surface area contributed by atoms with Crippen molar-refractivity contribution >= 4 is 10.8 Å². The molecule has 2 aliphatic heterocycles. The fourth-order valence-corrected chi connectivity index (χ4v) is 4.87. The highest BCUT2D eigenvalue weighted by atomic mass is 32.2. The lowest BCUT2D eigenvalue weighted by Crippen LogP contribution is -2.48. The minimum absolute atomic E-state index is 0.606. The van der Waals surface area contributed by atoms with Gasteiger partial charge in [-0.1, -0.05) is 12.1 Å². The van der Waals surface area contributed by atoms with Gasteiger partial charge < -0.3 is 4.90 Å². The van der Waals surface area contributed by atoms with Gasteiger partial charge in [0, 0.05) is 34.5 Å². The molecule has 0 aliphatic carbocycles. The number of benzene rings is 1. The molecule has 0 N–H and O–H groups in total. The van der Waals surface area contributed by atoms with Crippen LogP contribution >= 0.6 is 0 Å². The van der Waals surface area contributed by atoms with Gasteiger partial charge in [0.25, 0.3) is 0 Å². The Kier molecular flexibility index (Phi) is 5.78. The molecule has 2 fully saturated rings. The van der Waals surface area contributed by atoms with Crippen molar-refractivity contribution in [2.75, 3.05) is 32.4 Å². The molecule has 0 amide bonds. The van der Waals surface area contributed by atoms with Crippen LogP contribution in [0.25, 0.3) is 0 Å². The third-order valence-electron chi connectivity index (χ3n) is 6.14. The Balaban J connectivity index is 1.52.